The maximum absolute atomic E-state index is 14.5. The van der Waals surface area contributed by atoms with Crippen molar-refractivity contribution < 1.29 is 24.0 Å². The third kappa shape index (κ3) is 11.7. The molecule has 1 saturated heterocycles. The van der Waals surface area contributed by atoms with Gasteiger partial charge in [0.15, 0.2) is 0 Å². The van der Waals surface area contributed by atoms with E-state index in [1.54, 1.807) is 24.0 Å². The summed E-state index contributed by atoms with van der Waals surface area (Å²) in [5, 5.41) is 11.6. The van der Waals surface area contributed by atoms with Crippen LogP contribution in [0.4, 0.5) is 4.79 Å². The molecular formula is C36H59N7O5S. The van der Waals surface area contributed by atoms with Crippen molar-refractivity contribution in [3.8, 4) is 0 Å². The van der Waals surface area contributed by atoms with Crippen LogP contribution >= 0.6 is 12.1 Å². The predicted molar refractivity (Wildman–Crippen MR) is 195 cm³/mol. The zero-order chi connectivity index (χ0) is 36.3. The van der Waals surface area contributed by atoms with Crippen LogP contribution in [0.15, 0.2) is 35.5 Å². The van der Waals surface area contributed by atoms with Crippen LogP contribution in [-0.4, -0.2) is 108 Å². The van der Waals surface area contributed by atoms with E-state index in [0.717, 1.165) is 24.0 Å². The predicted octanol–water partition coefficient (Wildman–Crippen LogP) is 3.72. The molecule has 1 aliphatic heterocycles. The molecule has 0 spiro atoms. The summed E-state index contributed by atoms with van der Waals surface area (Å²) >= 11 is 1.55. The van der Waals surface area contributed by atoms with Crippen molar-refractivity contribution in [2.75, 3.05) is 40.8 Å². The fraction of sp³-hybridized carbons (Fsp3) is 0.694. The van der Waals surface area contributed by atoms with E-state index in [1.165, 1.54) is 0 Å². The minimum atomic E-state index is -0.970. The lowest BCUT2D eigenvalue weighted by Gasteiger charge is -2.36. The molecule has 4 N–H and O–H groups in total. The monoisotopic (exact) mass is 701 g/mol. The summed E-state index contributed by atoms with van der Waals surface area (Å²) in [5.74, 6) is -2.37. The first-order valence-corrected chi connectivity index (χ1v) is 18.5. The summed E-state index contributed by atoms with van der Waals surface area (Å²) in [7, 11) is 5.90. The molecule has 274 valence electrons. The van der Waals surface area contributed by atoms with Gasteiger partial charge in [0.05, 0.1) is 6.04 Å². The van der Waals surface area contributed by atoms with E-state index < -0.39 is 41.8 Å². The van der Waals surface area contributed by atoms with Gasteiger partial charge in [0.1, 0.15) is 12.1 Å². The van der Waals surface area contributed by atoms with Crippen LogP contribution in [0.3, 0.4) is 0 Å². The summed E-state index contributed by atoms with van der Waals surface area (Å²) in [4.78, 5) is 69.0. The molecule has 0 aromatic carbocycles. The molecular weight excluding hydrogens is 643 g/mol. The van der Waals surface area contributed by atoms with Gasteiger partial charge in [0.25, 0.3) is 5.91 Å². The van der Waals surface area contributed by atoms with Crippen LogP contribution in [0.1, 0.15) is 86.0 Å². The van der Waals surface area contributed by atoms with Gasteiger partial charge in [-0.25, -0.2) is 13.4 Å². The van der Waals surface area contributed by atoms with Gasteiger partial charge in [-0.1, -0.05) is 64.8 Å². The largest absolute Gasteiger partial charge is 0.350 e. The second kappa shape index (κ2) is 18.7. The van der Waals surface area contributed by atoms with E-state index in [9.17, 15) is 24.0 Å². The number of carbonyl (C=O) groups is 5. The van der Waals surface area contributed by atoms with E-state index in [-0.39, 0.29) is 23.3 Å². The Morgan fingerprint density at radius 3 is 2.20 bits per heavy atom. The third-order valence-corrected chi connectivity index (χ3v) is 10.0. The number of rotatable bonds is 16. The zero-order valence-electron chi connectivity index (χ0n) is 30.8. The first-order chi connectivity index (χ1) is 23.2. The summed E-state index contributed by atoms with van der Waals surface area (Å²) in [6.45, 7) is 11.2. The standard InChI is InChI=1S/C36H59N7O5S/c1-9-11-18-27(31(44)33(46)37-10-2)38-32(45)28-19-15-20-43(28)34(47)30(26-21-24-16-13-12-14-17-25(24)22-26)40-35(48)39-29(36(3,4)5)23-42(8)49-41(6)7/h13-14,16-17,26-30H,9-12,15,18-23H2,1-8H3,(H,37,46)(H,38,45)(H2,39,40,48). The normalized spacial score (nSPS) is 19.8. The van der Waals surface area contributed by atoms with Crippen molar-refractivity contribution in [3.05, 3.63) is 35.5 Å². The molecule has 0 aromatic heterocycles. The summed E-state index contributed by atoms with van der Waals surface area (Å²) in [6.07, 6.45) is 13.4. The van der Waals surface area contributed by atoms with E-state index in [2.05, 4.69) is 70.6 Å². The number of likely N-dealkylation sites (N-methyl/N-ethyl adjacent to an activating group) is 2. The quantitative estimate of drug-likeness (QED) is 0.141. The van der Waals surface area contributed by atoms with Crippen molar-refractivity contribution in [1.82, 2.24) is 34.8 Å². The Labute approximate surface area is 297 Å². The molecule has 12 nitrogen and oxygen atoms in total. The van der Waals surface area contributed by atoms with Gasteiger partial charge in [0, 0.05) is 37.8 Å². The zero-order valence-corrected chi connectivity index (χ0v) is 31.6. The number of unbranched alkanes of at least 4 members (excludes halogenated alkanes) is 1. The van der Waals surface area contributed by atoms with Gasteiger partial charge >= 0.3 is 6.03 Å². The number of hydrogen-bond acceptors (Lipinski definition) is 8. The van der Waals surface area contributed by atoms with Gasteiger partial charge in [-0.2, -0.15) is 0 Å². The molecule has 13 heteroatoms. The molecule has 1 heterocycles. The SMILES string of the molecule is CCCCC(NC(=O)C1CCCN1C(=O)C(NC(=O)NC(CN(C)SN(C)C)C(C)(C)C)C1CC2=C(C=CCC=C2)C1)C(=O)C(=O)NCC. The van der Waals surface area contributed by atoms with E-state index in [1.807, 2.05) is 32.4 Å². The van der Waals surface area contributed by atoms with Crippen LogP contribution in [0, 0.1) is 11.3 Å². The Hall–Kier alpha value is -3.16. The summed E-state index contributed by atoms with van der Waals surface area (Å²) < 4.78 is 4.05. The Kier molecular flexibility index (Phi) is 15.4. The minimum Gasteiger partial charge on any atom is -0.350 e. The minimum absolute atomic E-state index is 0.198. The number of likely N-dealkylation sites (tertiary alicyclic amines) is 1. The molecule has 0 aromatic rings. The number of nitrogens with one attached hydrogen (secondary N) is 4. The maximum atomic E-state index is 14.5. The molecule has 5 amide bonds. The van der Waals surface area contributed by atoms with Crippen molar-refractivity contribution in [2.45, 2.75) is 110 Å². The average molecular weight is 702 g/mol. The first-order valence-electron chi connectivity index (χ1n) is 17.8. The third-order valence-electron chi connectivity index (χ3n) is 9.28. The highest BCUT2D eigenvalue weighted by molar-refractivity contribution is 7.94. The van der Waals surface area contributed by atoms with E-state index in [4.69, 9.17) is 0 Å². The van der Waals surface area contributed by atoms with Crippen molar-refractivity contribution in [2.24, 2.45) is 11.3 Å². The highest BCUT2D eigenvalue weighted by Crippen LogP contribution is 2.37. The lowest BCUT2D eigenvalue weighted by Crippen LogP contribution is -2.60. The van der Waals surface area contributed by atoms with Crippen LogP contribution in [0.5, 0.6) is 0 Å². The number of hydrogen-bond donors (Lipinski definition) is 4. The Morgan fingerprint density at radius 1 is 0.980 bits per heavy atom. The number of allylic oxidation sites excluding steroid dienone is 6. The second-order valence-corrected chi connectivity index (χ2v) is 16.1. The lowest BCUT2D eigenvalue weighted by atomic mass is 9.86. The lowest BCUT2D eigenvalue weighted by molar-refractivity contribution is -0.143. The maximum Gasteiger partial charge on any atom is 0.315 e. The first kappa shape index (κ1) is 40.3. The number of nitrogens with zero attached hydrogens (tertiary/aromatic N) is 3. The summed E-state index contributed by atoms with van der Waals surface area (Å²) in [5.41, 5.74) is 2.05. The fourth-order valence-corrected chi connectivity index (χ4v) is 7.42. The molecule has 49 heavy (non-hydrogen) atoms. The van der Waals surface area contributed by atoms with Gasteiger partial charge < -0.3 is 26.2 Å². The van der Waals surface area contributed by atoms with Gasteiger partial charge in [-0.3, -0.25) is 19.2 Å². The Balaban J connectivity index is 1.84. The van der Waals surface area contributed by atoms with Gasteiger partial charge in [0.2, 0.25) is 17.6 Å². The molecule has 1 fully saturated rings. The number of ketones is 1. The van der Waals surface area contributed by atoms with Crippen LogP contribution in [0.2, 0.25) is 0 Å². The fourth-order valence-electron chi connectivity index (χ4n) is 6.64. The molecule has 3 aliphatic rings. The Bertz CT molecular complexity index is 1270. The van der Waals surface area contributed by atoms with Crippen molar-refractivity contribution >= 4 is 41.7 Å². The number of urea groups is 1. The molecule has 0 bridgehead atoms. The van der Waals surface area contributed by atoms with E-state index >= 15 is 0 Å². The van der Waals surface area contributed by atoms with Gasteiger partial charge in [-0.15, -0.1) is 0 Å². The molecule has 0 radical (unpaired) electrons. The molecule has 4 unspecified atom stereocenters. The smallest absolute Gasteiger partial charge is 0.315 e. The van der Waals surface area contributed by atoms with E-state index in [0.29, 0.717) is 58.2 Å². The number of carbonyl (C=O) groups excluding carboxylic acids is 5. The number of Topliss-reactive ketones (excluding diaryl/α,β-unsaturated/α-hetero) is 1. The topological polar surface area (TPSA) is 143 Å². The van der Waals surface area contributed by atoms with Crippen LogP contribution in [0.25, 0.3) is 0 Å². The highest BCUT2D eigenvalue weighted by Gasteiger charge is 2.43. The second-order valence-electron chi connectivity index (χ2n) is 14.6. The number of amides is 5. The van der Waals surface area contributed by atoms with Crippen molar-refractivity contribution in [3.63, 3.8) is 0 Å². The molecule has 0 saturated carbocycles. The van der Waals surface area contributed by atoms with Gasteiger partial charge in [-0.05, 0) is 89.1 Å². The highest BCUT2D eigenvalue weighted by atomic mass is 32.2. The van der Waals surface area contributed by atoms with Crippen LogP contribution < -0.4 is 21.3 Å². The van der Waals surface area contributed by atoms with Crippen LogP contribution in [-0.2, 0) is 19.2 Å². The molecule has 2 aliphatic carbocycles. The van der Waals surface area contributed by atoms with Crippen molar-refractivity contribution in [1.29, 1.82) is 0 Å². The summed E-state index contributed by atoms with van der Waals surface area (Å²) in [6, 6.07) is -3.30. The molecule has 4 atom stereocenters. The Morgan fingerprint density at radius 2 is 1.63 bits per heavy atom. The molecule has 3 rings (SSSR count). The average Bonchev–Trinajstić information content (AvgIpc) is 3.62.